The SMILES string of the molecule is CC(c1ccnc(NC(=O)Oc2ccccc2)c1)C1NC(=O)N(c2ccc(S(=O)(=O)C(F)(F)F)cc2)C1=O. The molecule has 2 N–H and O–H groups in total. The molecule has 0 aliphatic carbocycles. The number of ether oxygens (including phenoxy) is 1. The Hall–Kier alpha value is -4.46. The normalized spacial score (nSPS) is 16.6. The van der Waals surface area contributed by atoms with E-state index in [0.717, 1.165) is 12.1 Å². The van der Waals surface area contributed by atoms with Crippen molar-refractivity contribution in [2.24, 2.45) is 0 Å². The highest BCUT2D eigenvalue weighted by atomic mass is 32.2. The molecule has 0 saturated carbocycles. The molecule has 0 bridgehead atoms. The Morgan fingerprint density at radius 1 is 1.08 bits per heavy atom. The molecule has 3 aromatic rings. The number of urea groups is 1. The van der Waals surface area contributed by atoms with Gasteiger partial charge in [-0.25, -0.2) is 27.9 Å². The summed E-state index contributed by atoms with van der Waals surface area (Å²) in [5.74, 6) is -0.873. The van der Waals surface area contributed by atoms with Crippen molar-refractivity contribution >= 4 is 39.4 Å². The molecule has 10 nitrogen and oxygen atoms in total. The molecule has 4 amide bonds. The summed E-state index contributed by atoms with van der Waals surface area (Å²) in [5, 5.41) is 4.99. The van der Waals surface area contributed by atoms with Gasteiger partial charge in [-0.1, -0.05) is 25.1 Å². The van der Waals surface area contributed by atoms with Gasteiger partial charge in [-0.05, 0) is 54.1 Å². The lowest BCUT2D eigenvalue weighted by molar-refractivity contribution is -0.118. The second kappa shape index (κ2) is 10.1. The van der Waals surface area contributed by atoms with E-state index in [1.807, 2.05) is 0 Å². The molecule has 38 heavy (non-hydrogen) atoms. The molecular formula is C24H19F3N4O6S. The van der Waals surface area contributed by atoms with Gasteiger partial charge in [0.2, 0.25) is 0 Å². The fourth-order valence-corrected chi connectivity index (χ4v) is 4.47. The average Bonchev–Trinajstić information content (AvgIpc) is 3.17. The van der Waals surface area contributed by atoms with Crippen LogP contribution in [0.3, 0.4) is 0 Å². The molecule has 0 radical (unpaired) electrons. The summed E-state index contributed by atoms with van der Waals surface area (Å²) in [6, 6.07) is 12.7. The van der Waals surface area contributed by atoms with E-state index < -0.39 is 50.2 Å². The number of benzene rings is 2. The molecule has 1 saturated heterocycles. The lowest BCUT2D eigenvalue weighted by atomic mass is 9.94. The fourth-order valence-electron chi connectivity index (χ4n) is 3.71. The summed E-state index contributed by atoms with van der Waals surface area (Å²) in [7, 11) is -5.58. The van der Waals surface area contributed by atoms with E-state index in [-0.39, 0.29) is 11.5 Å². The number of carbonyl (C=O) groups excluding carboxylic acids is 3. The van der Waals surface area contributed by atoms with Crippen molar-refractivity contribution in [3.8, 4) is 5.75 Å². The van der Waals surface area contributed by atoms with E-state index in [9.17, 15) is 36.0 Å². The predicted octanol–water partition coefficient (Wildman–Crippen LogP) is 4.21. The molecule has 2 atom stereocenters. The minimum atomic E-state index is -5.58. The number of amides is 4. The molecule has 1 aliphatic rings. The molecule has 4 rings (SSSR count). The second-order valence-corrected chi connectivity index (χ2v) is 10.1. The van der Waals surface area contributed by atoms with Crippen molar-refractivity contribution in [1.82, 2.24) is 10.3 Å². The highest BCUT2D eigenvalue weighted by Crippen LogP contribution is 2.33. The molecular weight excluding hydrogens is 529 g/mol. The van der Waals surface area contributed by atoms with Crippen LogP contribution in [0, 0.1) is 0 Å². The number of alkyl halides is 3. The number of halogens is 3. The number of sulfone groups is 1. The molecule has 2 aromatic carbocycles. The van der Waals surface area contributed by atoms with Crippen molar-refractivity contribution in [2.45, 2.75) is 29.3 Å². The zero-order valence-electron chi connectivity index (χ0n) is 19.5. The highest BCUT2D eigenvalue weighted by molar-refractivity contribution is 7.92. The summed E-state index contributed by atoms with van der Waals surface area (Å²) in [6.45, 7) is 1.65. The van der Waals surface area contributed by atoms with Crippen molar-refractivity contribution in [3.63, 3.8) is 0 Å². The van der Waals surface area contributed by atoms with Gasteiger partial charge >= 0.3 is 17.6 Å². The van der Waals surface area contributed by atoms with Gasteiger partial charge in [0.25, 0.3) is 15.7 Å². The largest absolute Gasteiger partial charge is 0.501 e. The van der Waals surface area contributed by atoms with E-state index in [4.69, 9.17) is 4.74 Å². The fraction of sp³-hybridized carbons (Fsp3) is 0.167. The van der Waals surface area contributed by atoms with Crippen LogP contribution in [0.25, 0.3) is 0 Å². The minimum Gasteiger partial charge on any atom is -0.410 e. The lowest BCUT2D eigenvalue weighted by Gasteiger charge is -2.19. The first-order chi connectivity index (χ1) is 17.9. The first kappa shape index (κ1) is 26.6. The molecule has 1 aliphatic heterocycles. The third kappa shape index (κ3) is 5.29. The molecule has 198 valence electrons. The number of hydrogen-bond acceptors (Lipinski definition) is 7. The standard InChI is InChI=1S/C24H19F3N4O6S/c1-14(15-11-12-28-19(13-15)29-23(34)37-17-5-3-2-4-6-17)20-21(32)31(22(33)30-20)16-7-9-18(10-8-16)38(35,36)24(25,26)27/h2-14,20H,1H3,(H,30,33)(H,28,29,34). The number of hydrogen-bond donors (Lipinski definition) is 2. The van der Waals surface area contributed by atoms with Gasteiger partial charge < -0.3 is 10.1 Å². The number of imide groups is 1. The van der Waals surface area contributed by atoms with E-state index in [0.29, 0.717) is 28.3 Å². The Morgan fingerprint density at radius 2 is 1.74 bits per heavy atom. The molecule has 14 heteroatoms. The van der Waals surface area contributed by atoms with Crippen LogP contribution in [0.15, 0.2) is 77.8 Å². The number of anilines is 2. The van der Waals surface area contributed by atoms with Crippen LogP contribution >= 0.6 is 0 Å². The topological polar surface area (TPSA) is 135 Å². The Labute approximate surface area is 214 Å². The Bertz CT molecular complexity index is 1480. The van der Waals surface area contributed by atoms with Gasteiger partial charge in [-0.2, -0.15) is 13.2 Å². The average molecular weight is 548 g/mol. The van der Waals surface area contributed by atoms with Crippen LogP contribution in [0.5, 0.6) is 5.75 Å². The van der Waals surface area contributed by atoms with Crippen molar-refractivity contribution in [1.29, 1.82) is 0 Å². The number of aromatic nitrogens is 1. The van der Waals surface area contributed by atoms with Crippen LogP contribution in [0.1, 0.15) is 18.4 Å². The Morgan fingerprint density at radius 3 is 2.37 bits per heavy atom. The quantitative estimate of drug-likeness (QED) is 0.441. The number of nitrogens with one attached hydrogen (secondary N) is 2. The smallest absolute Gasteiger partial charge is 0.410 e. The van der Waals surface area contributed by atoms with Crippen molar-refractivity contribution < 1.29 is 40.7 Å². The summed E-state index contributed by atoms with van der Waals surface area (Å²) in [4.78, 5) is 41.5. The van der Waals surface area contributed by atoms with Crippen LogP contribution in [0.2, 0.25) is 0 Å². The first-order valence-corrected chi connectivity index (χ1v) is 12.4. The van der Waals surface area contributed by atoms with Crippen LogP contribution in [-0.4, -0.2) is 43.0 Å². The monoisotopic (exact) mass is 548 g/mol. The van der Waals surface area contributed by atoms with Gasteiger partial charge in [-0.15, -0.1) is 0 Å². The van der Waals surface area contributed by atoms with Gasteiger partial charge in [0.1, 0.15) is 17.6 Å². The third-order valence-electron chi connectivity index (χ3n) is 5.67. The third-order valence-corrected chi connectivity index (χ3v) is 7.17. The highest BCUT2D eigenvalue weighted by Gasteiger charge is 2.47. The second-order valence-electron chi connectivity index (χ2n) is 8.13. The molecule has 0 spiro atoms. The van der Waals surface area contributed by atoms with Gasteiger partial charge in [-0.3, -0.25) is 10.1 Å². The Kier molecular flexibility index (Phi) is 7.09. The van der Waals surface area contributed by atoms with Gasteiger partial charge in [0.15, 0.2) is 0 Å². The van der Waals surface area contributed by atoms with Crippen LogP contribution in [0.4, 0.5) is 34.3 Å². The number of carbonyl (C=O) groups is 3. The summed E-state index contributed by atoms with van der Waals surface area (Å²) >= 11 is 0. The van der Waals surface area contributed by atoms with Crippen LogP contribution in [-0.2, 0) is 14.6 Å². The first-order valence-electron chi connectivity index (χ1n) is 10.9. The van der Waals surface area contributed by atoms with E-state index in [2.05, 4.69) is 15.6 Å². The molecule has 2 heterocycles. The molecule has 1 aromatic heterocycles. The number of nitrogens with zero attached hydrogens (tertiary/aromatic N) is 2. The maximum absolute atomic E-state index is 13.1. The van der Waals surface area contributed by atoms with Gasteiger partial charge in [0.05, 0.1) is 10.6 Å². The van der Waals surface area contributed by atoms with Gasteiger partial charge in [0, 0.05) is 12.1 Å². The lowest BCUT2D eigenvalue weighted by Crippen LogP contribution is -2.35. The van der Waals surface area contributed by atoms with Crippen LogP contribution < -0.4 is 20.3 Å². The molecule has 1 fully saturated rings. The molecule has 2 unspecified atom stereocenters. The zero-order chi connectivity index (χ0) is 27.7. The maximum Gasteiger partial charge on any atom is 0.501 e. The number of para-hydroxylation sites is 1. The van der Waals surface area contributed by atoms with Crippen molar-refractivity contribution in [2.75, 3.05) is 10.2 Å². The van der Waals surface area contributed by atoms with E-state index >= 15 is 0 Å². The van der Waals surface area contributed by atoms with E-state index in [1.54, 1.807) is 43.3 Å². The number of pyridine rings is 1. The Balaban J connectivity index is 1.48. The maximum atomic E-state index is 13.1. The predicted molar refractivity (Wildman–Crippen MR) is 128 cm³/mol. The minimum absolute atomic E-state index is 0.107. The summed E-state index contributed by atoms with van der Waals surface area (Å²) in [6.07, 6.45) is 0.601. The van der Waals surface area contributed by atoms with Crippen molar-refractivity contribution in [3.05, 3.63) is 78.5 Å². The number of rotatable bonds is 6. The zero-order valence-corrected chi connectivity index (χ0v) is 20.3. The van der Waals surface area contributed by atoms with E-state index in [1.165, 1.54) is 12.3 Å². The summed E-state index contributed by atoms with van der Waals surface area (Å²) < 4.78 is 66.7. The summed E-state index contributed by atoms with van der Waals surface area (Å²) in [5.41, 5.74) is -5.07.